The van der Waals surface area contributed by atoms with Gasteiger partial charge in [0.05, 0.1) is 5.69 Å². The zero-order chi connectivity index (χ0) is 17.1. The number of amides is 1. The third kappa shape index (κ3) is 3.57. The van der Waals surface area contributed by atoms with Crippen LogP contribution in [0.15, 0.2) is 36.0 Å². The van der Waals surface area contributed by atoms with E-state index in [1.54, 1.807) is 23.8 Å². The minimum absolute atomic E-state index is 0.105. The van der Waals surface area contributed by atoms with E-state index in [9.17, 15) is 13.6 Å². The number of rotatable bonds is 4. The minimum atomic E-state index is -2.77. The van der Waals surface area contributed by atoms with Crippen molar-refractivity contribution in [3.63, 3.8) is 0 Å². The number of anilines is 1. The second kappa shape index (κ2) is 6.75. The number of nitrogens with one attached hydrogen (secondary N) is 1. The number of hydrogen-bond acceptors (Lipinski definition) is 6. The fourth-order valence-electron chi connectivity index (χ4n) is 1.96. The Morgan fingerprint density at radius 1 is 1.29 bits per heavy atom. The van der Waals surface area contributed by atoms with Crippen molar-refractivity contribution in [2.24, 2.45) is 0 Å². The van der Waals surface area contributed by atoms with Gasteiger partial charge in [-0.1, -0.05) is 0 Å². The summed E-state index contributed by atoms with van der Waals surface area (Å²) in [6.07, 6.45) is 0.537. The molecular weight excluding hydrogens is 336 g/mol. The van der Waals surface area contributed by atoms with Gasteiger partial charge in [-0.2, -0.15) is 0 Å². The van der Waals surface area contributed by atoms with Crippen molar-refractivity contribution in [3.05, 3.63) is 53.2 Å². The molecule has 0 aliphatic rings. The number of carbonyl (C=O) groups is 1. The molecule has 24 heavy (non-hydrogen) atoms. The Labute approximate surface area is 139 Å². The van der Waals surface area contributed by atoms with Gasteiger partial charge in [0.15, 0.2) is 5.13 Å². The highest BCUT2D eigenvalue weighted by atomic mass is 32.1. The maximum atomic E-state index is 12.8. The third-order valence-electron chi connectivity index (χ3n) is 3.00. The molecule has 3 heterocycles. The van der Waals surface area contributed by atoms with E-state index in [4.69, 9.17) is 0 Å². The molecule has 0 atom stereocenters. The molecule has 1 amide bonds. The molecule has 0 saturated heterocycles. The van der Waals surface area contributed by atoms with Gasteiger partial charge in [0.2, 0.25) is 0 Å². The smallest absolute Gasteiger partial charge is 0.280 e. The Balaban J connectivity index is 1.80. The average molecular weight is 347 g/mol. The number of aromatic nitrogens is 4. The van der Waals surface area contributed by atoms with Crippen LogP contribution < -0.4 is 5.32 Å². The van der Waals surface area contributed by atoms with E-state index < -0.39 is 18.0 Å². The number of aryl methyl sites for hydroxylation is 1. The molecule has 0 spiro atoms. The lowest BCUT2D eigenvalue weighted by Gasteiger charge is -2.05. The van der Waals surface area contributed by atoms with Crippen molar-refractivity contribution >= 4 is 22.4 Å². The zero-order valence-corrected chi connectivity index (χ0v) is 13.2. The molecule has 0 radical (unpaired) electrons. The third-order valence-corrected chi connectivity index (χ3v) is 3.75. The molecular formula is C15H11F2N5OS. The normalized spacial score (nSPS) is 10.8. The van der Waals surface area contributed by atoms with E-state index >= 15 is 0 Å². The molecule has 122 valence electrons. The van der Waals surface area contributed by atoms with Gasteiger partial charge in [-0.25, -0.2) is 23.7 Å². The summed E-state index contributed by atoms with van der Waals surface area (Å²) in [4.78, 5) is 28.0. The maximum Gasteiger partial charge on any atom is 0.280 e. The van der Waals surface area contributed by atoms with Crippen LogP contribution in [0.1, 0.15) is 28.4 Å². The lowest BCUT2D eigenvalue weighted by Crippen LogP contribution is -2.15. The van der Waals surface area contributed by atoms with E-state index in [1.165, 1.54) is 18.3 Å². The van der Waals surface area contributed by atoms with Crippen LogP contribution in [0.5, 0.6) is 0 Å². The average Bonchev–Trinajstić information content (AvgIpc) is 3.03. The number of thiazole rings is 1. The van der Waals surface area contributed by atoms with Gasteiger partial charge in [-0.15, -0.1) is 11.3 Å². The highest BCUT2D eigenvalue weighted by Crippen LogP contribution is 2.24. The second-order valence-electron chi connectivity index (χ2n) is 4.76. The van der Waals surface area contributed by atoms with Crippen molar-refractivity contribution in [1.29, 1.82) is 0 Å². The van der Waals surface area contributed by atoms with Crippen LogP contribution in [0, 0.1) is 6.92 Å². The first-order chi connectivity index (χ1) is 11.5. The van der Waals surface area contributed by atoms with Crippen molar-refractivity contribution in [2.45, 2.75) is 13.3 Å². The number of alkyl halides is 2. The van der Waals surface area contributed by atoms with E-state index in [1.807, 2.05) is 6.07 Å². The van der Waals surface area contributed by atoms with Crippen molar-refractivity contribution in [3.8, 4) is 11.3 Å². The number of pyridine rings is 1. The van der Waals surface area contributed by atoms with Gasteiger partial charge in [0, 0.05) is 23.3 Å². The van der Waals surface area contributed by atoms with E-state index in [2.05, 4.69) is 25.3 Å². The monoisotopic (exact) mass is 347 g/mol. The number of halogens is 2. The molecule has 6 nitrogen and oxygen atoms in total. The molecule has 1 N–H and O–H groups in total. The molecule has 3 rings (SSSR count). The lowest BCUT2D eigenvalue weighted by molar-refractivity contribution is 0.102. The van der Waals surface area contributed by atoms with Crippen LogP contribution in [0.25, 0.3) is 11.3 Å². The minimum Gasteiger partial charge on any atom is -0.296 e. The van der Waals surface area contributed by atoms with Crippen LogP contribution in [-0.4, -0.2) is 25.8 Å². The summed E-state index contributed by atoms with van der Waals surface area (Å²) in [6, 6.07) is 4.60. The number of hydrogen-bond donors (Lipinski definition) is 1. The number of carbonyl (C=O) groups excluding carboxylic acids is 1. The summed E-state index contributed by atoms with van der Waals surface area (Å²) in [5.41, 5.74) is 0.862. The first-order valence-corrected chi connectivity index (χ1v) is 7.72. The quantitative estimate of drug-likeness (QED) is 0.781. The molecule has 0 saturated carbocycles. The van der Waals surface area contributed by atoms with Crippen LogP contribution in [-0.2, 0) is 0 Å². The fourth-order valence-corrected chi connectivity index (χ4v) is 2.67. The van der Waals surface area contributed by atoms with Crippen LogP contribution >= 0.6 is 11.3 Å². The SMILES string of the molecule is Cc1nc(C(=O)Nc2nc(-c3cccnc3)cs2)cc(C(F)F)n1. The van der Waals surface area contributed by atoms with Crippen LogP contribution in [0.4, 0.5) is 13.9 Å². The van der Waals surface area contributed by atoms with Gasteiger partial charge in [-0.3, -0.25) is 15.1 Å². The maximum absolute atomic E-state index is 12.8. The van der Waals surface area contributed by atoms with Crippen molar-refractivity contribution in [2.75, 3.05) is 5.32 Å². The highest BCUT2D eigenvalue weighted by molar-refractivity contribution is 7.14. The van der Waals surface area contributed by atoms with Gasteiger partial charge in [0.25, 0.3) is 12.3 Å². The Kier molecular flexibility index (Phi) is 4.52. The van der Waals surface area contributed by atoms with E-state index in [-0.39, 0.29) is 11.5 Å². The molecule has 9 heteroatoms. The van der Waals surface area contributed by atoms with E-state index in [0.29, 0.717) is 10.8 Å². The van der Waals surface area contributed by atoms with Gasteiger partial charge >= 0.3 is 0 Å². The first-order valence-electron chi connectivity index (χ1n) is 6.84. The van der Waals surface area contributed by atoms with Crippen LogP contribution in [0.3, 0.4) is 0 Å². The number of nitrogens with zero attached hydrogens (tertiary/aromatic N) is 4. The summed E-state index contributed by atoms with van der Waals surface area (Å²) >= 11 is 1.22. The van der Waals surface area contributed by atoms with E-state index in [0.717, 1.165) is 11.6 Å². The topological polar surface area (TPSA) is 80.7 Å². The first kappa shape index (κ1) is 16.1. The molecule has 3 aromatic rings. The second-order valence-corrected chi connectivity index (χ2v) is 5.62. The Hall–Kier alpha value is -2.81. The Morgan fingerprint density at radius 2 is 2.12 bits per heavy atom. The Morgan fingerprint density at radius 3 is 2.83 bits per heavy atom. The van der Waals surface area contributed by atoms with Crippen molar-refractivity contribution in [1.82, 2.24) is 19.9 Å². The molecule has 0 unspecified atom stereocenters. The summed E-state index contributed by atoms with van der Waals surface area (Å²) in [5, 5.41) is 4.66. The standard InChI is InChI=1S/C15H11F2N5OS/c1-8-19-10(13(16)17)5-11(20-8)14(23)22-15-21-12(7-24-15)9-3-2-4-18-6-9/h2-7,13H,1H3,(H,21,22,23). The summed E-state index contributed by atoms with van der Waals surface area (Å²) < 4.78 is 25.5. The molecule has 0 fully saturated rings. The molecule has 0 aliphatic carbocycles. The predicted molar refractivity (Wildman–Crippen MR) is 85.0 cm³/mol. The molecule has 0 aromatic carbocycles. The van der Waals surface area contributed by atoms with Crippen LogP contribution in [0.2, 0.25) is 0 Å². The van der Waals surface area contributed by atoms with Gasteiger partial charge in [0.1, 0.15) is 17.2 Å². The summed E-state index contributed by atoms with van der Waals surface area (Å²) in [5.74, 6) is -0.511. The fraction of sp³-hybridized carbons (Fsp3) is 0.133. The highest BCUT2D eigenvalue weighted by Gasteiger charge is 2.17. The largest absolute Gasteiger partial charge is 0.296 e. The Bertz CT molecular complexity index is 869. The summed E-state index contributed by atoms with van der Waals surface area (Å²) in [6.45, 7) is 1.45. The summed E-state index contributed by atoms with van der Waals surface area (Å²) in [7, 11) is 0. The lowest BCUT2D eigenvalue weighted by atomic mass is 10.2. The van der Waals surface area contributed by atoms with Crippen molar-refractivity contribution < 1.29 is 13.6 Å². The van der Waals surface area contributed by atoms with Gasteiger partial charge in [-0.05, 0) is 25.1 Å². The predicted octanol–water partition coefficient (Wildman–Crippen LogP) is 3.49. The molecule has 0 aliphatic heterocycles. The zero-order valence-electron chi connectivity index (χ0n) is 12.4. The van der Waals surface area contributed by atoms with Gasteiger partial charge < -0.3 is 0 Å². The molecule has 3 aromatic heterocycles. The molecule has 0 bridgehead atoms.